The number of aryl methyl sites for hydroxylation is 1. The Hall–Kier alpha value is -1.00. The summed E-state index contributed by atoms with van der Waals surface area (Å²) < 4.78 is 5.49. The van der Waals surface area contributed by atoms with Crippen LogP contribution in [0.3, 0.4) is 0 Å². The molecule has 112 valence electrons. The average Bonchev–Trinajstić information content (AvgIpc) is 2.42. The maximum atomic E-state index is 12.1. The second-order valence-electron chi connectivity index (χ2n) is 5.26. The summed E-state index contributed by atoms with van der Waals surface area (Å²) in [5, 5.41) is 2.95. The fourth-order valence-electron chi connectivity index (χ4n) is 1.76. The molecule has 0 bridgehead atoms. The molecular weight excluding hydrogens is 270 g/mol. The zero-order valence-electron chi connectivity index (χ0n) is 12.9. The molecule has 0 fully saturated rings. The van der Waals surface area contributed by atoms with Crippen molar-refractivity contribution < 1.29 is 9.53 Å². The van der Waals surface area contributed by atoms with Crippen LogP contribution < -0.4 is 5.32 Å². The van der Waals surface area contributed by atoms with Crippen molar-refractivity contribution in [2.24, 2.45) is 5.92 Å². The van der Waals surface area contributed by atoms with Crippen molar-refractivity contribution in [2.75, 3.05) is 26.0 Å². The van der Waals surface area contributed by atoms with Crippen molar-refractivity contribution in [3.8, 4) is 0 Å². The number of ether oxygens (including phenoxy) is 1. The van der Waals surface area contributed by atoms with Gasteiger partial charge in [-0.1, -0.05) is 19.9 Å². The fraction of sp³-hybridized carbons (Fsp3) is 0.562. The molecule has 3 nitrogen and oxygen atoms in total. The molecule has 0 aliphatic heterocycles. The number of hydrogen-bond donors (Lipinski definition) is 1. The topological polar surface area (TPSA) is 38.3 Å². The first-order chi connectivity index (χ1) is 9.54. The van der Waals surface area contributed by atoms with E-state index in [1.165, 1.54) is 0 Å². The molecule has 1 aromatic rings. The van der Waals surface area contributed by atoms with Gasteiger partial charge in [-0.15, -0.1) is 11.8 Å². The number of hydrogen-bond acceptors (Lipinski definition) is 3. The van der Waals surface area contributed by atoms with E-state index in [0.29, 0.717) is 19.1 Å². The zero-order chi connectivity index (χ0) is 15.0. The number of amides is 1. The molecule has 0 saturated carbocycles. The van der Waals surface area contributed by atoms with Gasteiger partial charge in [-0.3, -0.25) is 4.79 Å². The molecule has 20 heavy (non-hydrogen) atoms. The van der Waals surface area contributed by atoms with E-state index in [1.54, 1.807) is 11.8 Å². The van der Waals surface area contributed by atoms with Crippen LogP contribution >= 0.6 is 11.8 Å². The maximum Gasteiger partial charge on any atom is 0.251 e. The average molecular weight is 295 g/mol. The van der Waals surface area contributed by atoms with E-state index in [4.69, 9.17) is 4.74 Å². The molecule has 0 atom stereocenters. The van der Waals surface area contributed by atoms with Gasteiger partial charge in [0.1, 0.15) is 0 Å². The first-order valence-corrected chi connectivity index (χ1v) is 8.27. The molecule has 4 heteroatoms. The zero-order valence-corrected chi connectivity index (χ0v) is 13.7. The molecule has 1 rings (SSSR count). The molecule has 1 amide bonds. The SMILES string of the molecule is CSc1ccc(C)c(C(=O)NCCCOCC(C)C)c1. The van der Waals surface area contributed by atoms with Crippen molar-refractivity contribution in [3.63, 3.8) is 0 Å². The second-order valence-corrected chi connectivity index (χ2v) is 6.14. The maximum absolute atomic E-state index is 12.1. The highest BCUT2D eigenvalue weighted by molar-refractivity contribution is 7.98. The third-order valence-electron chi connectivity index (χ3n) is 2.89. The summed E-state index contributed by atoms with van der Waals surface area (Å²) in [6.07, 6.45) is 2.86. The van der Waals surface area contributed by atoms with Crippen LogP contribution in [0.25, 0.3) is 0 Å². The number of carbonyl (C=O) groups excluding carboxylic acids is 1. The molecule has 0 heterocycles. The Labute approximate surface area is 126 Å². The van der Waals surface area contributed by atoms with Crippen molar-refractivity contribution in [1.29, 1.82) is 0 Å². The van der Waals surface area contributed by atoms with Gasteiger partial charge in [0.15, 0.2) is 0 Å². The van der Waals surface area contributed by atoms with Crippen molar-refractivity contribution in [1.82, 2.24) is 5.32 Å². The minimum absolute atomic E-state index is 0.00209. The van der Waals surface area contributed by atoms with Crippen LogP contribution in [-0.4, -0.2) is 31.9 Å². The Kier molecular flexibility index (Phi) is 7.70. The van der Waals surface area contributed by atoms with Crippen LogP contribution in [0.15, 0.2) is 23.1 Å². The van der Waals surface area contributed by atoms with E-state index in [1.807, 2.05) is 31.4 Å². The summed E-state index contributed by atoms with van der Waals surface area (Å²) in [4.78, 5) is 13.2. The van der Waals surface area contributed by atoms with E-state index >= 15 is 0 Å². The summed E-state index contributed by atoms with van der Waals surface area (Å²) in [5.41, 5.74) is 1.77. The van der Waals surface area contributed by atoms with Crippen LogP contribution in [0.1, 0.15) is 36.2 Å². The molecule has 1 N–H and O–H groups in total. The molecule has 0 aliphatic rings. The second kappa shape index (κ2) is 9.03. The first-order valence-electron chi connectivity index (χ1n) is 7.05. The third-order valence-corrected chi connectivity index (χ3v) is 3.62. The molecule has 0 aromatic heterocycles. The van der Waals surface area contributed by atoms with Gasteiger partial charge in [0.05, 0.1) is 0 Å². The summed E-state index contributed by atoms with van der Waals surface area (Å²) in [6.45, 7) is 8.35. The van der Waals surface area contributed by atoms with E-state index in [2.05, 4.69) is 19.2 Å². The number of benzene rings is 1. The van der Waals surface area contributed by atoms with Gasteiger partial charge >= 0.3 is 0 Å². The van der Waals surface area contributed by atoms with Crippen molar-refractivity contribution >= 4 is 17.7 Å². The Bertz CT molecular complexity index is 432. The predicted molar refractivity (Wildman–Crippen MR) is 85.6 cm³/mol. The Morgan fingerprint density at radius 2 is 2.15 bits per heavy atom. The quantitative estimate of drug-likeness (QED) is 0.589. The lowest BCUT2D eigenvalue weighted by Gasteiger charge is -2.10. The molecule has 0 saturated heterocycles. The van der Waals surface area contributed by atoms with Gasteiger partial charge in [0.2, 0.25) is 0 Å². The van der Waals surface area contributed by atoms with Crippen molar-refractivity contribution in [2.45, 2.75) is 32.1 Å². The summed E-state index contributed by atoms with van der Waals surface area (Å²) in [5.74, 6) is 0.559. The Morgan fingerprint density at radius 1 is 1.40 bits per heavy atom. The first kappa shape index (κ1) is 17.1. The molecule has 1 aromatic carbocycles. The van der Waals surface area contributed by atoms with E-state index < -0.39 is 0 Å². The lowest BCUT2D eigenvalue weighted by molar-refractivity contribution is 0.0924. The van der Waals surface area contributed by atoms with Gasteiger partial charge in [0.25, 0.3) is 5.91 Å². The molecule has 0 spiro atoms. The highest BCUT2D eigenvalue weighted by atomic mass is 32.2. The van der Waals surface area contributed by atoms with E-state index in [0.717, 1.165) is 29.1 Å². The van der Waals surface area contributed by atoms with Crippen LogP contribution in [-0.2, 0) is 4.74 Å². The highest BCUT2D eigenvalue weighted by Crippen LogP contribution is 2.18. The fourth-order valence-corrected chi connectivity index (χ4v) is 2.20. The molecular formula is C16H25NO2S. The normalized spacial score (nSPS) is 10.8. The van der Waals surface area contributed by atoms with Crippen LogP contribution in [0, 0.1) is 12.8 Å². The summed E-state index contributed by atoms with van der Waals surface area (Å²) in [7, 11) is 0. The Morgan fingerprint density at radius 3 is 2.80 bits per heavy atom. The smallest absolute Gasteiger partial charge is 0.251 e. The van der Waals surface area contributed by atoms with E-state index in [-0.39, 0.29) is 5.91 Å². The largest absolute Gasteiger partial charge is 0.381 e. The number of rotatable bonds is 8. The standard InChI is InChI=1S/C16H25NO2S/c1-12(2)11-19-9-5-8-17-16(18)15-10-14(20-4)7-6-13(15)3/h6-7,10,12H,5,8-9,11H2,1-4H3,(H,17,18). The lowest BCUT2D eigenvalue weighted by Crippen LogP contribution is -2.26. The van der Waals surface area contributed by atoms with Gasteiger partial charge in [-0.05, 0) is 43.2 Å². The van der Waals surface area contributed by atoms with Crippen LogP contribution in [0.2, 0.25) is 0 Å². The minimum atomic E-state index is 0.00209. The number of carbonyl (C=O) groups is 1. The third kappa shape index (κ3) is 5.97. The summed E-state index contributed by atoms with van der Waals surface area (Å²) in [6, 6.07) is 5.98. The van der Waals surface area contributed by atoms with Gasteiger partial charge < -0.3 is 10.1 Å². The summed E-state index contributed by atoms with van der Waals surface area (Å²) >= 11 is 1.65. The minimum Gasteiger partial charge on any atom is -0.381 e. The van der Waals surface area contributed by atoms with Crippen molar-refractivity contribution in [3.05, 3.63) is 29.3 Å². The molecule has 0 radical (unpaired) electrons. The number of nitrogens with one attached hydrogen (secondary N) is 1. The highest BCUT2D eigenvalue weighted by Gasteiger charge is 2.09. The van der Waals surface area contributed by atoms with Gasteiger partial charge in [-0.2, -0.15) is 0 Å². The lowest BCUT2D eigenvalue weighted by atomic mass is 10.1. The predicted octanol–water partition coefficient (Wildman–Crippen LogP) is 3.51. The Balaban J connectivity index is 2.36. The van der Waals surface area contributed by atoms with Crippen LogP contribution in [0.4, 0.5) is 0 Å². The molecule has 0 unspecified atom stereocenters. The van der Waals surface area contributed by atoms with E-state index in [9.17, 15) is 4.79 Å². The van der Waals surface area contributed by atoms with Gasteiger partial charge in [-0.25, -0.2) is 0 Å². The monoisotopic (exact) mass is 295 g/mol. The number of thioether (sulfide) groups is 1. The van der Waals surface area contributed by atoms with Crippen LogP contribution in [0.5, 0.6) is 0 Å². The molecule has 0 aliphatic carbocycles. The van der Waals surface area contributed by atoms with Gasteiger partial charge in [0, 0.05) is 30.2 Å².